The molecule has 4 heteroatoms. The Morgan fingerprint density at radius 1 is 1.32 bits per heavy atom. The van der Waals surface area contributed by atoms with Gasteiger partial charge in [-0.05, 0) is 36.6 Å². The van der Waals surface area contributed by atoms with Crippen molar-refractivity contribution in [3.8, 4) is 5.75 Å². The van der Waals surface area contributed by atoms with E-state index in [0.29, 0.717) is 12.3 Å². The lowest BCUT2D eigenvalue weighted by Crippen LogP contribution is -2.25. The van der Waals surface area contributed by atoms with Crippen LogP contribution in [0.15, 0.2) is 35.6 Å². The van der Waals surface area contributed by atoms with E-state index in [4.69, 9.17) is 4.74 Å². The van der Waals surface area contributed by atoms with Crippen LogP contribution in [0.1, 0.15) is 31.2 Å². The highest BCUT2D eigenvalue weighted by molar-refractivity contribution is 5.93. The van der Waals surface area contributed by atoms with Crippen molar-refractivity contribution in [2.45, 2.75) is 31.8 Å². The maximum Gasteiger partial charge on any atom is 0.286 e. The molecule has 100 valence electrons. The van der Waals surface area contributed by atoms with E-state index in [1.165, 1.54) is 0 Å². The number of carbonyl (C=O) groups excluding carboxylic acids is 1. The molecule has 0 saturated heterocycles. The molecule has 0 bridgehead atoms. The Bertz CT molecular complexity index is 533. The fraction of sp³-hybridized carbons (Fsp3) is 0.400. The van der Waals surface area contributed by atoms with Gasteiger partial charge in [-0.15, -0.1) is 0 Å². The van der Waals surface area contributed by atoms with Crippen LogP contribution in [-0.2, 0) is 9.53 Å². The summed E-state index contributed by atoms with van der Waals surface area (Å²) in [4.78, 5) is 11.9. The van der Waals surface area contributed by atoms with E-state index in [9.17, 15) is 9.90 Å². The molecule has 0 fully saturated rings. The molecular formula is C15H17NO3. The molecule has 1 amide bonds. The van der Waals surface area contributed by atoms with Crippen molar-refractivity contribution >= 4 is 5.91 Å². The highest BCUT2D eigenvalue weighted by atomic mass is 16.5. The first-order valence-electron chi connectivity index (χ1n) is 6.62. The van der Waals surface area contributed by atoms with Gasteiger partial charge < -0.3 is 15.2 Å². The van der Waals surface area contributed by atoms with Crippen LogP contribution in [0.3, 0.4) is 0 Å². The van der Waals surface area contributed by atoms with Gasteiger partial charge in [-0.2, -0.15) is 0 Å². The average molecular weight is 259 g/mol. The van der Waals surface area contributed by atoms with Gasteiger partial charge in [0.05, 0.1) is 0 Å². The van der Waals surface area contributed by atoms with Gasteiger partial charge >= 0.3 is 0 Å². The standard InChI is InChI=1S/C15H17NO3/c1-9-8-13-12(10-2-4-11(17)5-3-10)6-7-16-15(18)14(13)19-9/h2-5,9,12,17H,6-8H2,1H3,(H,16,18). The number of hydrogen-bond donors (Lipinski definition) is 2. The molecule has 3 rings (SSSR count). The SMILES string of the molecule is CC1CC2=C(O1)C(=O)NCCC2c1ccc(O)cc1. The van der Waals surface area contributed by atoms with Gasteiger partial charge in [-0.3, -0.25) is 4.79 Å². The van der Waals surface area contributed by atoms with Crippen molar-refractivity contribution in [2.24, 2.45) is 0 Å². The molecule has 2 unspecified atom stereocenters. The van der Waals surface area contributed by atoms with Crippen molar-refractivity contribution in [3.63, 3.8) is 0 Å². The number of rotatable bonds is 1. The molecular weight excluding hydrogens is 242 g/mol. The number of hydrogen-bond acceptors (Lipinski definition) is 3. The van der Waals surface area contributed by atoms with Gasteiger partial charge in [0.25, 0.3) is 5.91 Å². The van der Waals surface area contributed by atoms with Gasteiger partial charge in [-0.25, -0.2) is 0 Å². The molecule has 2 aliphatic heterocycles. The predicted molar refractivity (Wildman–Crippen MR) is 70.7 cm³/mol. The number of carbonyl (C=O) groups is 1. The van der Waals surface area contributed by atoms with E-state index in [1.54, 1.807) is 12.1 Å². The van der Waals surface area contributed by atoms with Gasteiger partial charge in [0.15, 0.2) is 5.76 Å². The Hall–Kier alpha value is -1.97. The lowest BCUT2D eigenvalue weighted by molar-refractivity contribution is -0.121. The third-order valence-corrected chi connectivity index (χ3v) is 3.76. The third-order valence-electron chi connectivity index (χ3n) is 3.76. The molecule has 1 aromatic rings. The minimum absolute atomic E-state index is 0.0634. The Labute approximate surface area is 112 Å². The Balaban J connectivity index is 1.99. The van der Waals surface area contributed by atoms with Gasteiger partial charge in [0.2, 0.25) is 0 Å². The summed E-state index contributed by atoms with van der Waals surface area (Å²) in [5, 5.41) is 12.3. The lowest BCUT2D eigenvalue weighted by Gasteiger charge is -2.17. The topological polar surface area (TPSA) is 58.6 Å². The number of nitrogens with one attached hydrogen (secondary N) is 1. The first-order chi connectivity index (χ1) is 9.15. The van der Waals surface area contributed by atoms with Gasteiger partial charge in [0.1, 0.15) is 11.9 Å². The number of amides is 1. The maximum absolute atomic E-state index is 11.9. The zero-order valence-electron chi connectivity index (χ0n) is 10.8. The molecule has 0 aromatic heterocycles. The van der Waals surface area contributed by atoms with Crippen LogP contribution < -0.4 is 5.32 Å². The molecule has 2 aliphatic rings. The zero-order chi connectivity index (χ0) is 13.4. The van der Waals surface area contributed by atoms with E-state index in [1.807, 2.05) is 19.1 Å². The minimum atomic E-state index is -0.0966. The van der Waals surface area contributed by atoms with Crippen molar-refractivity contribution < 1.29 is 14.6 Å². The van der Waals surface area contributed by atoms with E-state index in [2.05, 4.69) is 5.32 Å². The normalized spacial score (nSPS) is 26.5. The molecule has 0 aliphatic carbocycles. The number of phenolic OH excluding ortho intramolecular Hbond substituents is 1. The monoisotopic (exact) mass is 259 g/mol. The fourth-order valence-electron chi connectivity index (χ4n) is 2.88. The van der Waals surface area contributed by atoms with Crippen molar-refractivity contribution in [2.75, 3.05) is 6.54 Å². The van der Waals surface area contributed by atoms with Crippen LogP contribution in [0.4, 0.5) is 0 Å². The molecule has 2 N–H and O–H groups in total. The summed E-state index contributed by atoms with van der Waals surface area (Å²) < 4.78 is 5.65. The molecule has 19 heavy (non-hydrogen) atoms. The first-order valence-corrected chi connectivity index (χ1v) is 6.62. The van der Waals surface area contributed by atoms with Gasteiger partial charge in [-0.1, -0.05) is 12.1 Å². The summed E-state index contributed by atoms with van der Waals surface area (Å²) in [5.41, 5.74) is 2.22. The molecule has 4 nitrogen and oxygen atoms in total. The van der Waals surface area contributed by atoms with E-state index < -0.39 is 0 Å². The summed E-state index contributed by atoms with van der Waals surface area (Å²) in [6, 6.07) is 7.22. The summed E-state index contributed by atoms with van der Waals surface area (Å²) in [6.07, 6.45) is 1.73. The summed E-state index contributed by atoms with van der Waals surface area (Å²) >= 11 is 0. The summed E-state index contributed by atoms with van der Waals surface area (Å²) in [7, 11) is 0. The Morgan fingerprint density at radius 3 is 2.79 bits per heavy atom. The van der Waals surface area contributed by atoms with Crippen LogP contribution in [0.2, 0.25) is 0 Å². The lowest BCUT2D eigenvalue weighted by atomic mass is 9.86. The van der Waals surface area contributed by atoms with Crippen molar-refractivity contribution in [3.05, 3.63) is 41.2 Å². The summed E-state index contributed by atoms with van der Waals surface area (Å²) in [5.74, 6) is 0.861. The zero-order valence-corrected chi connectivity index (χ0v) is 10.8. The van der Waals surface area contributed by atoms with Gasteiger partial charge in [0, 0.05) is 18.9 Å². The van der Waals surface area contributed by atoms with Crippen LogP contribution in [-0.4, -0.2) is 23.7 Å². The van der Waals surface area contributed by atoms with Crippen LogP contribution in [0, 0.1) is 0 Å². The molecule has 0 saturated carbocycles. The smallest absolute Gasteiger partial charge is 0.286 e. The third kappa shape index (κ3) is 2.18. The molecule has 2 atom stereocenters. The number of aromatic hydroxyl groups is 1. The van der Waals surface area contributed by atoms with Crippen molar-refractivity contribution in [1.29, 1.82) is 0 Å². The van der Waals surface area contributed by atoms with Crippen LogP contribution in [0.5, 0.6) is 5.75 Å². The van der Waals surface area contributed by atoms with Crippen LogP contribution >= 0.6 is 0 Å². The fourth-order valence-corrected chi connectivity index (χ4v) is 2.88. The second kappa shape index (κ2) is 4.61. The second-order valence-electron chi connectivity index (χ2n) is 5.18. The summed E-state index contributed by atoms with van der Waals surface area (Å²) in [6.45, 7) is 2.63. The highest BCUT2D eigenvalue weighted by Gasteiger charge is 2.34. The largest absolute Gasteiger partial charge is 0.508 e. The quantitative estimate of drug-likeness (QED) is 0.811. The highest BCUT2D eigenvalue weighted by Crippen LogP contribution is 2.39. The van der Waals surface area contributed by atoms with Crippen LogP contribution in [0.25, 0.3) is 0 Å². The predicted octanol–water partition coefficient (Wildman–Crippen LogP) is 2.06. The Morgan fingerprint density at radius 2 is 2.05 bits per heavy atom. The van der Waals surface area contributed by atoms with Crippen molar-refractivity contribution in [1.82, 2.24) is 5.32 Å². The second-order valence-corrected chi connectivity index (χ2v) is 5.18. The number of phenols is 1. The molecule has 0 radical (unpaired) electrons. The van der Waals surface area contributed by atoms with E-state index in [0.717, 1.165) is 24.0 Å². The average Bonchev–Trinajstić information content (AvgIpc) is 2.71. The minimum Gasteiger partial charge on any atom is -0.508 e. The molecule has 2 heterocycles. The molecule has 1 aromatic carbocycles. The first kappa shape index (κ1) is 12.1. The van der Waals surface area contributed by atoms with E-state index >= 15 is 0 Å². The Kier molecular flexibility index (Phi) is 2.93. The molecule has 0 spiro atoms. The maximum atomic E-state index is 11.9. The number of ether oxygens (including phenoxy) is 1. The number of benzene rings is 1. The van der Waals surface area contributed by atoms with E-state index in [-0.39, 0.29) is 23.7 Å².